The SMILES string of the molecule is Cc1cc(OCC2CCCN(c3nccn4c(C)nnc34)C2)ccn1. The molecule has 0 bridgehead atoms. The van der Waals surface area contributed by atoms with Crippen molar-refractivity contribution in [1.29, 1.82) is 0 Å². The highest BCUT2D eigenvalue weighted by molar-refractivity contribution is 5.63. The largest absolute Gasteiger partial charge is 0.493 e. The Hall–Kier alpha value is -2.70. The van der Waals surface area contributed by atoms with Crippen LogP contribution in [0.5, 0.6) is 5.75 Å². The lowest BCUT2D eigenvalue weighted by Gasteiger charge is -2.33. The summed E-state index contributed by atoms with van der Waals surface area (Å²) >= 11 is 0. The maximum absolute atomic E-state index is 5.98. The van der Waals surface area contributed by atoms with E-state index in [1.165, 1.54) is 0 Å². The van der Waals surface area contributed by atoms with Gasteiger partial charge in [-0.05, 0) is 32.8 Å². The number of aromatic nitrogens is 5. The molecule has 1 aliphatic rings. The topological polar surface area (TPSA) is 68.4 Å². The van der Waals surface area contributed by atoms with E-state index in [0.29, 0.717) is 12.5 Å². The Bertz CT molecular complexity index is 877. The molecule has 25 heavy (non-hydrogen) atoms. The normalized spacial score (nSPS) is 17.8. The van der Waals surface area contributed by atoms with Gasteiger partial charge in [0, 0.05) is 49.4 Å². The zero-order valence-electron chi connectivity index (χ0n) is 14.6. The molecule has 4 heterocycles. The zero-order chi connectivity index (χ0) is 17.2. The van der Waals surface area contributed by atoms with Crippen molar-refractivity contribution in [2.24, 2.45) is 5.92 Å². The van der Waals surface area contributed by atoms with Crippen LogP contribution in [0.4, 0.5) is 5.82 Å². The number of aryl methyl sites for hydroxylation is 2. The van der Waals surface area contributed by atoms with E-state index in [1.807, 2.05) is 42.8 Å². The number of fused-ring (bicyclic) bond motifs is 1. The summed E-state index contributed by atoms with van der Waals surface area (Å²) in [7, 11) is 0. The minimum Gasteiger partial charge on any atom is -0.493 e. The number of rotatable bonds is 4. The van der Waals surface area contributed by atoms with Gasteiger partial charge in [0.25, 0.3) is 0 Å². The van der Waals surface area contributed by atoms with E-state index in [-0.39, 0.29) is 0 Å². The van der Waals surface area contributed by atoms with Crippen molar-refractivity contribution >= 4 is 11.5 Å². The van der Waals surface area contributed by atoms with Gasteiger partial charge in [-0.3, -0.25) is 9.38 Å². The molecule has 0 saturated carbocycles. The predicted molar refractivity (Wildman–Crippen MR) is 94.9 cm³/mol. The van der Waals surface area contributed by atoms with Crippen LogP contribution in [-0.2, 0) is 0 Å². The molecular weight excluding hydrogens is 316 g/mol. The van der Waals surface area contributed by atoms with E-state index in [2.05, 4.69) is 25.1 Å². The first kappa shape index (κ1) is 15.8. The second-order valence-corrected chi connectivity index (χ2v) is 6.59. The second kappa shape index (κ2) is 6.66. The molecule has 0 amide bonds. The molecule has 7 heteroatoms. The lowest BCUT2D eigenvalue weighted by atomic mass is 9.99. The van der Waals surface area contributed by atoms with Crippen LogP contribution in [0, 0.1) is 19.8 Å². The minimum atomic E-state index is 0.466. The first-order valence-corrected chi connectivity index (χ1v) is 8.67. The molecule has 0 spiro atoms. The van der Waals surface area contributed by atoms with Gasteiger partial charge >= 0.3 is 0 Å². The third-order valence-electron chi connectivity index (χ3n) is 4.65. The first-order chi connectivity index (χ1) is 12.2. The number of anilines is 1. The Balaban J connectivity index is 1.47. The van der Waals surface area contributed by atoms with E-state index in [9.17, 15) is 0 Å². The van der Waals surface area contributed by atoms with E-state index in [4.69, 9.17) is 4.74 Å². The summed E-state index contributed by atoms with van der Waals surface area (Å²) in [6.45, 7) is 6.54. The van der Waals surface area contributed by atoms with Gasteiger partial charge in [0.2, 0.25) is 5.65 Å². The van der Waals surface area contributed by atoms with Gasteiger partial charge in [0.05, 0.1) is 6.61 Å². The van der Waals surface area contributed by atoms with Gasteiger partial charge < -0.3 is 9.64 Å². The molecule has 1 aliphatic heterocycles. The van der Waals surface area contributed by atoms with Gasteiger partial charge in [-0.1, -0.05) is 0 Å². The molecule has 3 aromatic heterocycles. The number of hydrogen-bond acceptors (Lipinski definition) is 6. The molecule has 3 aromatic rings. The molecule has 0 radical (unpaired) electrons. The summed E-state index contributed by atoms with van der Waals surface area (Å²) in [5, 5.41) is 8.46. The fourth-order valence-corrected chi connectivity index (χ4v) is 3.37. The van der Waals surface area contributed by atoms with Gasteiger partial charge in [0.15, 0.2) is 5.82 Å². The molecule has 0 N–H and O–H groups in total. The van der Waals surface area contributed by atoms with Gasteiger partial charge in [-0.2, -0.15) is 0 Å². The van der Waals surface area contributed by atoms with Gasteiger partial charge in [-0.15, -0.1) is 10.2 Å². The fraction of sp³-hybridized carbons (Fsp3) is 0.444. The summed E-state index contributed by atoms with van der Waals surface area (Å²) in [6.07, 6.45) is 7.80. The lowest BCUT2D eigenvalue weighted by Crippen LogP contribution is -2.38. The average molecular weight is 338 g/mol. The number of ether oxygens (including phenoxy) is 1. The van der Waals surface area contributed by atoms with Crippen molar-refractivity contribution in [1.82, 2.24) is 24.6 Å². The Morgan fingerprint density at radius 1 is 1.20 bits per heavy atom. The molecule has 1 unspecified atom stereocenters. The summed E-state index contributed by atoms with van der Waals surface area (Å²) in [5.74, 6) is 3.14. The number of piperidine rings is 1. The summed E-state index contributed by atoms with van der Waals surface area (Å²) < 4.78 is 7.97. The van der Waals surface area contributed by atoms with Gasteiger partial charge in [0.1, 0.15) is 11.6 Å². The third-order valence-corrected chi connectivity index (χ3v) is 4.65. The summed E-state index contributed by atoms with van der Waals surface area (Å²) in [5.41, 5.74) is 1.80. The van der Waals surface area contributed by atoms with E-state index in [0.717, 1.165) is 54.7 Å². The van der Waals surface area contributed by atoms with Crippen LogP contribution in [0.1, 0.15) is 24.4 Å². The summed E-state index contributed by atoms with van der Waals surface area (Å²) in [6, 6.07) is 3.89. The van der Waals surface area contributed by atoms with Gasteiger partial charge in [-0.25, -0.2) is 4.98 Å². The molecule has 1 atom stereocenters. The Morgan fingerprint density at radius 3 is 3.00 bits per heavy atom. The highest BCUT2D eigenvalue weighted by Gasteiger charge is 2.24. The van der Waals surface area contributed by atoms with Crippen LogP contribution < -0.4 is 9.64 Å². The quantitative estimate of drug-likeness (QED) is 0.728. The van der Waals surface area contributed by atoms with Crippen molar-refractivity contribution in [2.45, 2.75) is 26.7 Å². The molecule has 1 saturated heterocycles. The number of pyridine rings is 1. The maximum atomic E-state index is 5.98. The molecular formula is C18H22N6O. The average Bonchev–Trinajstić information content (AvgIpc) is 3.02. The van der Waals surface area contributed by atoms with Crippen LogP contribution in [0.2, 0.25) is 0 Å². The lowest BCUT2D eigenvalue weighted by molar-refractivity contribution is 0.228. The highest BCUT2D eigenvalue weighted by Crippen LogP contribution is 2.25. The second-order valence-electron chi connectivity index (χ2n) is 6.59. The number of hydrogen-bond donors (Lipinski definition) is 0. The van der Waals surface area contributed by atoms with E-state index >= 15 is 0 Å². The first-order valence-electron chi connectivity index (χ1n) is 8.67. The molecule has 130 valence electrons. The van der Waals surface area contributed by atoms with Crippen molar-refractivity contribution in [3.8, 4) is 5.75 Å². The molecule has 0 aliphatic carbocycles. The molecule has 1 fully saturated rings. The molecule has 7 nitrogen and oxygen atoms in total. The van der Waals surface area contributed by atoms with Crippen molar-refractivity contribution in [3.63, 3.8) is 0 Å². The maximum Gasteiger partial charge on any atom is 0.203 e. The van der Waals surface area contributed by atoms with Crippen LogP contribution in [-0.4, -0.2) is 44.3 Å². The summed E-state index contributed by atoms with van der Waals surface area (Å²) in [4.78, 5) is 11.1. The minimum absolute atomic E-state index is 0.466. The Labute approximate surface area is 146 Å². The monoisotopic (exact) mass is 338 g/mol. The third kappa shape index (κ3) is 3.26. The Kier molecular flexibility index (Phi) is 4.21. The van der Waals surface area contributed by atoms with Crippen LogP contribution >= 0.6 is 0 Å². The number of nitrogens with zero attached hydrogens (tertiary/aromatic N) is 6. The van der Waals surface area contributed by atoms with Crippen molar-refractivity contribution < 1.29 is 4.74 Å². The standard InChI is InChI=1S/C18H22N6O/c1-13-10-16(5-6-19-13)25-12-15-4-3-8-23(11-15)17-18-22-21-14(2)24(18)9-7-20-17/h5-7,9-10,15H,3-4,8,11-12H2,1-2H3. The van der Waals surface area contributed by atoms with E-state index < -0.39 is 0 Å². The predicted octanol–water partition coefficient (Wildman–Crippen LogP) is 2.43. The fourth-order valence-electron chi connectivity index (χ4n) is 3.37. The van der Waals surface area contributed by atoms with Crippen LogP contribution in [0.25, 0.3) is 5.65 Å². The Morgan fingerprint density at radius 2 is 2.12 bits per heavy atom. The van der Waals surface area contributed by atoms with Crippen LogP contribution in [0.15, 0.2) is 30.7 Å². The van der Waals surface area contributed by atoms with E-state index in [1.54, 1.807) is 6.20 Å². The smallest absolute Gasteiger partial charge is 0.203 e. The molecule has 4 rings (SSSR count). The van der Waals surface area contributed by atoms with Crippen molar-refractivity contribution in [2.75, 3.05) is 24.6 Å². The van der Waals surface area contributed by atoms with Crippen LogP contribution in [0.3, 0.4) is 0 Å². The van der Waals surface area contributed by atoms with Crippen molar-refractivity contribution in [3.05, 3.63) is 42.2 Å². The zero-order valence-corrected chi connectivity index (χ0v) is 14.6. The molecule has 0 aromatic carbocycles. The highest BCUT2D eigenvalue weighted by atomic mass is 16.5.